The zero-order valence-electron chi connectivity index (χ0n) is 8.86. The van der Waals surface area contributed by atoms with Gasteiger partial charge in [0.25, 0.3) is 0 Å². The molecule has 15 heavy (non-hydrogen) atoms. The molecular weight excluding hydrogens is 204 g/mol. The molecule has 0 radical (unpaired) electrons. The molecule has 0 heterocycles. The van der Waals surface area contributed by atoms with Crippen molar-refractivity contribution in [1.82, 2.24) is 0 Å². The second kappa shape index (κ2) is 4.19. The van der Waals surface area contributed by atoms with Crippen LogP contribution in [0, 0.1) is 5.92 Å². The SMILES string of the molecule is CC(Nc1ccc(C(N)=S)cc1)C1CC1. The zero-order chi connectivity index (χ0) is 10.8. The molecule has 3 N–H and O–H groups in total. The van der Waals surface area contributed by atoms with E-state index < -0.39 is 0 Å². The van der Waals surface area contributed by atoms with Gasteiger partial charge in [0, 0.05) is 17.3 Å². The van der Waals surface area contributed by atoms with Crippen LogP contribution >= 0.6 is 12.2 Å². The van der Waals surface area contributed by atoms with E-state index in [0.717, 1.165) is 17.2 Å². The number of hydrogen-bond acceptors (Lipinski definition) is 2. The van der Waals surface area contributed by atoms with Gasteiger partial charge in [0.05, 0.1) is 0 Å². The maximum absolute atomic E-state index is 5.53. The molecule has 3 heteroatoms. The van der Waals surface area contributed by atoms with Crippen molar-refractivity contribution in [2.45, 2.75) is 25.8 Å². The lowest BCUT2D eigenvalue weighted by atomic mass is 10.1. The average molecular weight is 220 g/mol. The number of nitrogens with two attached hydrogens (primary N) is 1. The Balaban J connectivity index is 1.99. The van der Waals surface area contributed by atoms with Gasteiger partial charge < -0.3 is 11.1 Å². The van der Waals surface area contributed by atoms with Gasteiger partial charge in [-0.15, -0.1) is 0 Å². The normalized spacial score (nSPS) is 17.1. The Hall–Kier alpha value is -1.09. The van der Waals surface area contributed by atoms with Crippen molar-refractivity contribution in [3.63, 3.8) is 0 Å². The van der Waals surface area contributed by atoms with Gasteiger partial charge in [-0.2, -0.15) is 0 Å². The monoisotopic (exact) mass is 220 g/mol. The van der Waals surface area contributed by atoms with Crippen LogP contribution in [0.5, 0.6) is 0 Å². The molecule has 1 aromatic rings. The topological polar surface area (TPSA) is 38.0 Å². The van der Waals surface area contributed by atoms with Gasteiger partial charge in [0.1, 0.15) is 4.99 Å². The van der Waals surface area contributed by atoms with Gasteiger partial charge in [-0.1, -0.05) is 12.2 Å². The number of rotatable bonds is 4. The maximum Gasteiger partial charge on any atom is 0.103 e. The molecule has 0 aromatic heterocycles. The number of benzene rings is 1. The predicted molar refractivity (Wildman–Crippen MR) is 68.1 cm³/mol. The third-order valence-electron chi connectivity index (χ3n) is 2.89. The van der Waals surface area contributed by atoms with E-state index in [2.05, 4.69) is 12.2 Å². The van der Waals surface area contributed by atoms with Gasteiger partial charge >= 0.3 is 0 Å². The summed E-state index contributed by atoms with van der Waals surface area (Å²) in [5.41, 5.74) is 7.61. The molecule has 2 rings (SSSR count). The van der Waals surface area contributed by atoms with Crippen molar-refractivity contribution in [2.24, 2.45) is 11.7 Å². The minimum absolute atomic E-state index is 0.455. The molecule has 0 saturated heterocycles. The van der Waals surface area contributed by atoms with Crippen molar-refractivity contribution in [1.29, 1.82) is 0 Å². The Morgan fingerprint density at radius 3 is 2.47 bits per heavy atom. The van der Waals surface area contributed by atoms with Crippen LogP contribution in [0.25, 0.3) is 0 Å². The molecule has 0 bridgehead atoms. The van der Waals surface area contributed by atoms with Gasteiger partial charge in [0.15, 0.2) is 0 Å². The fraction of sp³-hybridized carbons (Fsp3) is 0.417. The quantitative estimate of drug-likeness (QED) is 0.766. The van der Waals surface area contributed by atoms with Gasteiger partial charge in [-0.25, -0.2) is 0 Å². The predicted octanol–water partition coefficient (Wildman–Crippen LogP) is 2.53. The van der Waals surface area contributed by atoms with E-state index in [4.69, 9.17) is 18.0 Å². The molecule has 0 amide bonds. The van der Waals surface area contributed by atoms with E-state index in [1.807, 2.05) is 24.3 Å². The van der Waals surface area contributed by atoms with Crippen molar-refractivity contribution in [3.05, 3.63) is 29.8 Å². The average Bonchev–Trinajstić information content (AvgIpc) is 3.01. The van der Waals surface area contributed by atoms with Gasteiger partial charge in [-0.3, -0.25) is 0 Å². The highest BCUT2D eigenvalue weighted by atomic mass is 32.1. The third-order valence-corrected chi connectivity index (χ3v) is 3.13. The van der Waals surface area contributed by atoms with Gasteiger partial charge in [0.2, 0.25) is 0 Å². The van der Waals surface area contributed by atoms with E-state index in [-0.39, 0.29) is 0 Å². The Labute approximate surface area is 95.9 Å². The highest BCUT2D eigenvalue weighted by Crippen LogP contribution is 2.33. The summed E-state index contributed by atoms with van der Waals surface area (Å²) >= 11 is 4.90. The standard InChI is InChI=1S/C12H16N2S/c1-8(9-2-3-9)14-11-6-4-10(5-7-11)12(13)15/h4-9,14H,2-3H2,1H3,(H2,13,15). The second-order valence-corrected chi connectivity index (χ2v) is 4.65. The van der Waals surface area contributed by atoms with Crippen molar-refractivity contribution >= 4 is 22.9 Å². The van der Waals surface area contributed by atoms with Crippen molar-refractivity contribution in [3.8, 4) is 0 Å². The summed E-state index contributed by atoms with van der Waals surface area (Å²) in [6.45, 7) is 2.24. The number of thiocarbonyl (C=S) groups is 1. The molecule has 1 unspecified atom stereocenters. The molecule has 1 fully saturated rings. The molecule has 80 valence electrons. The van der Waals surface area contributed by atoms with Crippen LogP contribution < -0.4 is 11.1 Å². The largest absolute Gasteiger partial charge is 0.389 e. The molecule has 0 spiro atoms. The smallest absolute Gasteiger partial charge is 0.103 e. The van der Waals surface area contributed by atoms with Crippen LogP contribution in [0.2, 0.25) is 0 Å². The highest BCUT2D eigenvalue weighted by molar-refractivity contribution is 7.80. The summed E-state index contributed by atoms with van der Waals surface area (Å²) < 4.78 is 0. The first kappa shape index (κ1) is 10.4. The summed E-state index contributed by atoms with van der Waals surface area (Å²) in [5, 5.41) is 3.49. The molecule has 1 atom stereocenters. The lowest BCUT2D eigenvalue weighted by Gasteiger charge is -2.14. The molecular formula is C12H16N2S. The third kappa shape index (κ3) is 2.69. The Bertz CT molecular complexity index is 354. The van der Waals surface area contributed by atoms with Crippen LogP contribution in [0.1, 0.15) is 25.3 Å². The van der Waals surface area contributed by atoms with E-state index >= 15 is 0 Å². The molecule has 1 aliphatic carbocycles. The number of anilines is 1. The van der Waals surface area contributed by atoms with Crippen molar-refractivity contribution < 1.29 is 0 Å². The summed E-state index contributed by atoms with van der Waals surface area (Å²) in [6, 6.07) is 8.57. The number of nitrogens with one attached hydrogen (secondary N) is 1. The lowest BCUT2D eigenvalue weighted by Crippen LogP contribution is -2.17. The zero-order valence-corrected chi connectivity index (χ0v) is 9.68. The summed E-state index contributed by atoms with van der Waals surface area (Å²) in [5.74, 6) is 0.861. The van der Waals surface area contributed by atoms with E-state index in [1.165, 1.54) is 12.8 Å². The molecule has 1 saturated carbocycles. The first-order chi connectivity index (χ1) is 7.16. The lowest BCUT2D eigenvalue weighted by molar-refractivity contribution is 0.694. The molecule has 1 aliphatic rings. The summed E-state index contributed by atoms with van der Waals surface area (Å²) in [4.78, 5) is 0.455. The van der Waals surface area contributed by atoms with E-state index in [9.17, 15) is 0 Å². The Morgan fingerprint density at radius 2 is 2.00 bits per heavy atom. The fourth-order valence-corrected chi connectivity index (χ4v) is 1.84. The first-order valence-electron chi connectivity index (χ1n) is 5.33. The minimum Gasteiger partial charge on any atom is -0.389 e. The van der Waals surface area contributed by atoms with Crippen LogP contribution in [0.3, 0.4) is 0 Å². The summed E-state index contributed by atoms with van der Waals surface area (Å²) in [6.07, 6.45) is 2.72. The summed E-state index contributed by atoms with van der Waals surface area (Å²) in [7, 11) is 0. The highest BCUT2D eigenvalue weighted by Gasteiger charge is 2.27. The van der Waals surface area contributed by atoms with Crippen molar-refractivity contribution in [2.75, 3.05) is 5.32 Å². The van der Waals surface area contributed by atoms with E-state index in [0.29, 0.717) is 11.0 Å². The minimum atomic E-state index is 0.455. The number of hydrogen-bond donors (Lipinski definition) is 2. The van der Waals surface area contributed by atoms with Crippen LogP contribution in [-0.4, -0.2) is 11.0 Å². The van der Waals surface area contributed by atoms with E-state index in [1.54, 1.807) is 0 Å². The first-order valence-corrected chi connectivity index (χ1v) is 5.74. The fourth-order valence-electron chi connectivity index (χ4n) is 1.71. The van der Waals surface area contributed by atoms with Gasteiger partial charge in [-0.05, 0) is 49.9 Å². The Morgan fingerprint density at radius 1 is 1.40 bits per heavy atom. The molecule has 0 aliphatic heterocycles. The molecule has 1 aromatic carbocycles. The Kier molecular flexibility index (Phi) is 2.91. The van der Waals surface area contributed by atoms with Crippen LogP contribution in [0.4, 0.5) is 5.69 Å². The molecule has 2 nitrogen and oxygen atoms in total. The second-order valence-electron chi connectivity index (χ2n) is 4.21. The maximum atomic E-state index is 5.53. The van der Waals surface area contributed by atoms with Crippen LogP contribution in [0.15, 0.2) is 24.3 Å². The van der Waals surface area contributed by atoms with Crippen LogP contribution in [-0.2, 0) is 0 Å².